The summed E-state index contributed by atoms with van der Waals surface area (Å²) in [6.07, 6.45) is 5.82. The Balaban J connectivity index is 0.00000385. The number of guanidine groups is 1. The fourth-order valence-electron chi connectivity index (χ4n) is 4.26. The molecule has 0 aliphatic heterocycles. The van der Waals surface area contributed by atoms with Gasteiger partial charge in [-0.15, -0.1) is 24.0 Å². The molecule has 0 radical (unpaired) electrons. The second-order valence-corrected chi connectivity index (χ2v) is 8.70. The van der Waals surface area contributed by atoms with Gasteiger partial charge in [-0.25, -0.2) is 4.99 Å². The summed E-state index contributed by atoms with van der Waals surface area (Å²) >= 11 is 0. The Morgan fingerprint density at radius 1 is 1.21 bits per heavy atom. The molecule has 0 unspecified atom stereocenters. The van der Waals surface area contributed by atoms with Crippen LogP contribution in [0.15, 0.2) is 33.8 Å². The highest BCUT2D eigenvalue weighted by molar-refractivity contribution is 14.0. The van der Waals surface area contributed by atoms with E-state index in [-0.39, 0.29) is 35.3 Å². The Bertz CT molecular complexity index is 921. The smallest absolute Gasteiger partial charge is 0.257 e. The van der Waals surface area contributed by atoms with Crippen molar-refractivity contribution in [1.82, 2.24) is 25.7 Å². The second-order valence-electron chi connectivity index (χ2n) is 8.70. The lowest BCUT2D eigenvalue weighted by Gasteiger charge is -2.31. The molecule has 1 saturated carbocycles. The molecule has 1 amide bonds. The molecule has 0 atom stereocenters. The molecule has 9 heteroatoms. The number of aromatic nitrogens is 2. The number of aryl methyl sites for hydroxylation is 1. The van der Waals surface area contributed by atoms with Gasteiger partial charge in [-0.2, -0.15) is 4.98 Å². The Kier molecular flexibility index (Phi) is 10.6. The topological polar surface area (TPSA) is 95.7 Å². The van der Waals surface area contributed by atoms with E-state index >= 15 is 0 Å². The van der Waals surface area contributed by atoms with Gasteiger partial charge < -0.3 is 20.1 Å². The van der Waals surface area contributed by atoms with Gasteiger partial charge in [0.25, 0.3) is 5.89 Å². The van der Waals surface area contributed by atoms with E-state index in [1.54, 1.807) is 4.90 Å². The molecule has 1 aromatic heterocycles. The molecule has 0 spiro atoms. The van der Waals surface area contributed by atoms with E-state index in [0.717, 1.165) is 68.0 Å². The van der Waals surface area contributed by atoms with Gasteiger partial charge in [0, 0.05) is 39.2 Å². The molecule has 1 aliphatic carbocycles. The van der Waals surface area contributed by atoms with E-state index in [9.17, 15) is 4.79 Å². The Morgan fingerprint density at radius 2 is 1.97 bits per heavy atom. The van der Waals surface area contributed by atoms with Crippen LogP contribution < -0.4 is 10.6 Å². The third-order valence-electron chi connectivity index (χ3n) is 5.89. The molecule has 1 aliphatic rings. The fraction of sp³-hybridized carbons (Fsp3) is 0.583. The van der Waals surface area contributed by atoms with Crippen molar-refractivity contribution >= 4 is 35.8 Å². The number of halogens is 1. The molecule has 8 nitrogen and oxygen atoms in total. The SMILES string of the molecule is CCCc1noc(-c2cccc(CN=C(NCC)NCC3(C(=O)N(C)C)CCCC3)c2)n1.I. The lowest BCUT2D eigenvalue weighted by molar-refractivity contribution is -0.138. The lowest BCUT2D eigenvalue weighted by Crippen LogP contribution is -2.49. The summed E-state index contributed by atoms with van der Waals surface area (Å²) in [6.45, 7) is 5.99. The normalized spacial score (nSPS) is 15.1. The molecule has 3 rings (SSSR count). The molecule has 0 bridgehead atoms. The largest absolute Gasteiger partial charge is 0.357 e. The highest BCUT2D eigenvalue weighted by Crippen LogP contribution is 2.38. The van der Waals surface area contributed by atoms with Gasteiger partial charge >= 0.3 is 0 Å². The van der Waals surface area contributed by atoms with Crippen LogP contribution in [-0.4, -0.2) is 54.1 Å². The second kappa shape index (κ2) is 12.9. The number of hydrogen-bond acceptors (Lipinski definition) is 5. The predicted octanol–water partition coefficient (Wildman–Crippen LogP) is 4.01. The standard InChI is InChI=1S/C24H36N6O2.HI/c1-5-10-20-28-21(32-29-20)19-12-9-11-18(15-19)16-26-23(25-6-2)27-17-24(13-7-8-14-24)22(31)30(3)4;/h9,11-12,15H,5-8,10,13-14,16-17H2,1-4H3,(H2,25,26,27);1H. The van der Waals surface area contributed by atoms with E-state index in [4.69, 9.17) is 9.52 Å². The molecule has 33 heavy (non-hydrogen) atoms. The van der Waals surface area contributed by atoms with E-state index in [1.165, 1.54) is 0 Å². The van der Waals surface area contributed by atoms with Crippen molar-refractivity contribution in [3.05, 3.63) is 35.7 Å². The van der Waals surface area contributed by atoms with E-state index in [1.807, 2.05) is 45.3 Å². The summed E-state index contributed by atoms with van der Waals surface area (Å²) in [5.74, 6) is 2.19. The zero-order valence-corrected chi connectivity index (χ0v) is 22.5. The van der Waals surface area contributed by atoms with Gasteiger partial charge in [-0.3, -0.25) is 4.79 Å². The number of amides is 1. The first kappa shape index (κ1) is 27.1. The average molecular weight is 569 g/mol. The van der Waals surface area contributed by atoms with Gasteiger partial charge in [0.2, 0.25) is 5.91 Å². The first-order chi connectivity index (χ1) is 15.5. The summed E-state index contributed by atoms with van der Waals surface area (Å²) in [5, 5.41) is 10.8. The van der Waals surface area contributed by atoms with Crippen LogP contribution in [0, 0.1) is 5.41 Å². The van der Waals surface area contributed by atoms with Crippen LogP contribution in [0.2, 0.25) is 0 Å². The quantitative estimate of drug-likeness (QED) is 0.270. The van der Waals surface area contributed by atoms with Crippen LogP contribution in [0.5, 0.6) is 0 Å². The van der Waals surface area contributed by atoms with Crippen molar-refractivity contribution in [2.24, 2.45) is 10.4 Å². The minimum absolute atomic E-state index is 0. The third-order valence-corrected chi connectivity index (χ3v) is 5.89. The van der Waals surface area contributed by atoms with Crippen molar-refractivity contribution in [3.8, 4) is 11.5 Å². The molecule has 2 N–H and O–H groups in total. The number of hydrogen-bond donors (Lipinski definition) is 2. The van der Waals surface area contributed by atoms with Gasteiger partial charge in [-0.05, 0) is 43.9 Å². The van der Waals surface area contributed by atoms with Gasteiger partial charge in [0.05, 0.1) is 12.0 Å². The van der Waals surface area contributed by atoms with Gasteiger partial charge in [0.1, 0.15) is 0 Å². The molecular weight excluding hydrogens is 531 g/mol. The first-order valence-corrected chi connectivity index (χ1v) is 11.6. The Morgan fingerprint density at radius 3 is 2.64 bits per heavy atom. The van der Waals surface area contributed by atoms with Crippen LogP contribution in [0.1, 0.15) is 57.3 Å². The van der Waals surface area contributed by atoms with Crippen LogP contribution in [0.25, 0.3) is 11.5 Å². The van der Waals surface area contributed by atoms with Crippen molar-refractivity contribution in [2.45, 2.75) is 58.9 Å². The highest BCUT2D eigenvalue weighted by Gasteiger charge is 2.42. The summed E-state index contributed by atoms with van der Waals surface area (Å²) < 4.78 is 5.41. The van der Waals surface area contributed by atoms with E-state index in [0.29, 0.717) is 19.0 Å². The molecule has 1 heterocycles. The Hall–Kier alpha value is -2.17. The molecular formula is C24H37IN6O2. The summed E-state index contributed by atoms with van der Waals surface area (Å²) in [4.78, 5) is 23.8. The molecule has 182 valence electrons. The Labute approximate surface area is 214 Å². The van der Waals surface area contributed by atoms with Crippen molar-refractivity contribution in [1.29, 1.82) is 0 Å². The minimum Gasteiger partial charge on any atom is -0.357 e. The highest BCUT2D eigenvalue weighted by atomic mass is 127. The van der Waals surface area contributed by atoms with Crippen molar-refractivity contribution in [3.63, 3.8) is 0 Å². The lowest BCUT2D eigenvalue weighted by atomic mass is 9.84. The maximum absolute atomic E-state index is 12.8. The first-order valence-electron chi connectivity index (χ1n) is 11.6. The molecule has 0 saturated heterocycles. The summed E-state index contributed by atoms with van der Waals surface area (Å²) in [5.41, 5.74) is 1.61. The minimum atomic E-state index is -0.340. The third kappa shape index (κ3) is 7.15. The maximum Gasteiger partial charge on any atom is 0.257 e. The number of rotatable bonds is 9. The number of carbonyl (C=O) groups is 1. The number of nitrogens with one attached hydrogen (secondary N) is 2. The number of carbonyl (C=O) groups excluding carboxylic acids is 1. The van der Waals surface area contributed by atoms with E-state index < -0.39 is 0 Å². The van der Waals surface area contributed by atoms with Crippen LogP contribution in [0.3, 0.4) is 0 Å². The summed E-state index contributed by atoms with van der Waals surface area (Å²) in [6, 6.07) is 8.02. The molecule has 1 fully saturated rings. The number of benzene rings is 1. The molecule has 1 aromatic carbocycles. The average Bonchev–Trinajstić information content (AvgIpc) is 3.46. The maximum atomic E-state index is 12.8. The van der Waals surface area contributed by atoms with Crippen LogP contribution >= 0.6 is 24.0 Å². The zero-order valence-electron chi connectivity index (χ0n) is 20.2. The van der Waals surface area contributed by atoms with Crippen molar-refractivity contribution < 1.29 is 9.32 Å². The molecule has 2 aromatic rings. The number of aliphatic imine (C=N–C) groups is 1. The van der Waals surface area contributed by atoms with Crippen LogP contribution in [-0.2, 0) is 17.8 Å². The zero-order chi connectivity index (χ0) is 23.0. The van der Waals surface area contributed by atoms with Gasteiger partial charge in [-0.1, -0.05) is 37.1 Å². The monoisotopic (exact) mass is 568 g/mol. The predicted molar refractivity (Wildman–Crippen MR) is 142 cm³/mol. The van der Waals surface area contributed by atoms with Gasteiger partial charge in [0.15, 0.2) is 11.8 Å². The van der Waals surface area contributed by atoms with Crippen molar-refractivity contribution in [2.75, 3.05) is 27.2 Å². The number of nitrogens with zero attached hydrogens (tertiary/aromatic N) is 4. The van der Waals surface area contributed by atoms with E-state index in [2.05, 4.69) is 27.7 Å². The fourth-order valence-corrected chi connectivity index (χ4v) is 4.26. The van der Waals surface area contributed by atoms with Crippen LogP contribution in [0.4, 0.5) is 0 Å². The summed E-state index contributed by atoms with van der Waals surface area (Å²) in [7, 11) is 3.67.